The smallest absolute Gasteiger partial charge is 0.308 e. The maximum atomic E-state index is 12.2. The van der Waals surface area contributed by atoms with Gasteiger partial charge in [-0.15, -0.1) is 0 Å². The molecule has 1 saturated heterocycles. The lowest BCUT2D eigenvalue weighted by Gasteiger charge is -2.40. The summed E-state index contributed by atoms with van der Waals surface area (Å²) in [5.74, 6) is 0.251. The average molecular weight is 308 g/mol. The molecular weight excluding hydrogens is 279 g/mol. The first-order chi connectivity index (χ1) is 10.4. The number of likely N-dealkylation sites (tertiary alicyclic amines) is 1. The number of rotatable bonds is 9. The summed E-state index contributed by atoms with van der Waals surface area (Å²) < 4.78 is 0. The molecule has 6 heteroatoms. The molecule has 2 fully saturated rings. The van der Waals surface area contributed by atoms with Gasteiger partial charge in [0.25, 0.3) is 0 Å². The third kappa shape index (κ3) is 4.81. The van der Waals surface area contributed by atoms with Crippen molar-refractivity contribution >= 4 is 18.6 Å². The molecule has 2 rings (SSSR count). The van der Waals surface area contributed by atoms with Crippen molar-refractivity contribution in [3.63, 3.8) is 0 Å². The zero-order valence-corrected chi connectivity index (χ0v) is 14.0. The van der Waals surface area contributed by atoms with Gasteiger partial charge in [-0.05, 0) is 31.6 Å². The minimum atomic E-state index is -0.570. The van der Waals surface area contributed by atoms with Crippen molar-refractivity contribution in [3.8, 4) is 0 Å². The monoisotopic (exact) mass is 308 g/mol. The van der Waals surface area contributed by atoms with Crippen molar-refractivity contribution in [2.75, 3.05) is 6.54 Å². The fraction of sp³-hybridized carbons (Fsp3) is 0.875. The Hall–Kier alpha value is -0.875. The second-order valence-corrected chi connectivity index (χ2v) is 7.28. The van der Waals surface area contributed by atoms with Crippen LogP contribution >= 0.6 is 0 Å². The third-order valence-electron chi connectivity index (χ3n) is 4.70. The number of nitrogens with one attached hydrogen (secondary N) is 1. The van der Waals surface area contributed by atoms with E-state index in [0.29, 0.717) is 18.4 Å². The zero-order valence-electron chi connectivity index (χ0n) is 14.0. The minimum Gasteiger partial charge on any atom is -0.449 e. The fourth-order valence-electron chi connectivity index (χ4n) is 3.16. The highest BCUT2D eigenvalue weighted by Crippen LogP contribution is 2.35. The van der Waals surface area contributed by atoms with E-state index >= 15 is 0 Å². The Morgan fingerprint density at radius 3 is 2.41 bits per heavy atom. The summed E-state index contributed by atoms with van der Waals surface area (Å²) in [4.78, 5) is 26.5. The molecule has 1 saturated carbocycles. The van der Waals surface area contributed by atoms with Gasteiger partial charge in [0.1, 0.15) is 0 Å². The molecule has 22 heavy (non-hydrogen) atoms. The number of nitrogens with zero attached hydrogens (tertiary/aromatic N) is 1. The number of carbonyl (C=O) groups excluding carboxylic acids is 2. The molecule has 1 aliphatic carbocycles. The summed E-state index contributed by atoms with van der Waals surface area (Å²) in [6.07, 6.45) is 4.67. The molecule has 5 nitrogen and oxygen atoms in total. The summed E-state index contributed by atoms with van der Waals surface area (Å²) in [6.45, 7) is 6.29. The number of amides is 1. The SMILES string of the molecule is CB(O)C(CC(C)C)NC(=O)CCC(=O)C1CCN1C1CC1. The largest absolute Gasteiger partial charge is 0.449 e. The first-order valence-electron chi connectivity index (χ1n) is 8.64. The molecular formula is C16H29BN2O3. The van der Waals surface area contributed by atoms with Gasteiger partial charge in [0.15, 0.2) is 5.78 Å². The highest BCUT2D eigenvalue weighted by atomic mass is 16.2. The van der Waals surface area contributed by atoms with Crippen LogP contribution in [0, 0.1) is 5.92 Å². The van der Waals surface area contributed by atoms with Crippen molar-refractivity contribution in [2.45, 2.75) is 77.2 Å². The summed E-state index contributed by atoms with van der Waals surface area (Å²) in [5, 5.41) is 12.6. The Labute approximate surface area is 133 Å². The lowest BCUT2D eigenvalue weighted by Crippen LogP contribution is -2.53. The van der Waals surface area contributed by atoms with Crippen molar-refractivity contribution in [1.82, 2.24) is 10.2 Å². The van der Waals surface area contributed by atoms with E-state index in [9.17, 15) is 14.6 Å². The zero-order chi connectivity index (χ0) is 16.3. The van der Waals surface area contributed by atoms with Gasteiger partial charge in [-0.25, -0.2) is 0 Å². The van der Waals surface area contributed by atoms with Gasteiger partial charge in [0.05, 0.1) is 6.04 Å². The molecule has 0 aromatic carbocycles. The molecule has 0 bridgehead atoms. The molecule has 2 aliphatic rings. The lowest BCUT2D eigenvalue weighted by molar-refractivity contribution is -0.131. The second kappa shape index (κ2) is 7.60. The molecule has 0 radical (unpaired) electrons. The van der Waals surface area contributed by atoms with Gasteiger partial charge in [0.2, 0.25) is 5.91 Å². The highest BCUT2D eigenvalue weighted by Gasteiger charge is 2.42. The fourth-order valence-corrected chi connectivity index (χ4v) is 3.16. The van der Waals surface area contributed by atoms with Crippen LogP contribution in [0.15, 0.2) is 0 Å². The van der Waals surface area contributed by atoms with Gasteiger partial charge in [0, 0.05) is 31.4 Å². The van der Waals surface area contributed by atoms with E-state index < -0.39 is 6.92 Å². The molecule has 0 aromatic heterocycles. The Morgan fingerprint density at radius 2 is 1.95 bits per heavy atom. The second-order valence-electron chi connectivity index (χ2n) is 7.28. The van der Waals surface area contributed by atoms with Gasteiger partial charge in [-0.2, -0.15) is 0 Å². The minimum absolute atomic E-state index is 0.0588. The topological polar surface area (TPSA) is 69.6 Å². The van der Waals surface area contributed by atoms with E-state index in [0.717, 1.165) is 19.4 Å². The quantitative estimate of drug-likeness (QED) is 0.629. The standard InChI is InChI=1S/C16H29BN2O3/c1-11(2)10-15(17(3)22)18-16(21)7-6-14(20)13-8-9-19(13)12-4-5-12/h11-13,15,22H,4-10H2,1-3H3,(H,18,21). The molecule has 0 aromatic rings. The number of ketones is 1. The van der Waals surface area contributed by atoms with Crippen molar-refractivity contribution < 1.29 is 14.6 Å². The molecule has 2 N–H and O–H groups in total. The number of carbonyl (C=O) groups is 2. The van der Waals surface area contributed by atoms with Gasteiger partial charge >= 0.3 is 6.92 Å². The van der Waals surface area contributed by atoms with Crippen LogP contribution in [0.5, 0.6) is 0 Å². The summed E-state index contributed by atoms with van der Waals surface area (Å²) in [5.41, 5.74) is 0. The number of hydrogen-bond acceptors (Lipinski definition) is 4. The Balaban J connectivity index is 1.71. The Kier molecular flexibility index (Phi) is 6.04. The van der Waals surface area contributed by atoms with E-state index in [2.05, 4.69) is 24.1 Å². The van der Waals surface area contributed by atoms with E-state index in [4.69, 9.17) is 0 Å². The van der Waals surface area contributed by atoms with E-state index in [1.807, 2.05) is 0 Å². The first kappa shape index (κ1) is 17.5. The predicted molar refractivity (Wildman–Crippen MR) is 87.6 cm³/mol. The molecule has 124 valence electrons. The van der Waals surface area contributed by atoms with Crippen molar-refractivity contribution in [1.29, 1.82) is 0 Å². The summed E-state index contributed by atoms with van der Waals surface area (Å²) in [7, 11) is 0. The van der Waals surface area contributed by atoms with Crippen LogP contribution in [0.4, 0.5) is 0 Å². The molecule has 2 unspecified atom stereocenters. The number of hydrogen-bond donors (Lipinski definition) is 2. The normalized spacial score (nSPS) is 23.0. The van der Waals surface area contributed by atoms with Crippen molar-refractivity contribution in [2.24, 2.45) is 5.92 Å². The van der Waals surface area contributed by atoms with Crippen LogP contribution in [0.25, 0.3) is 0 Å². The average Bonchev–Trinajstić information content (AvgIpc) is 3.18. The maximum Gasteiger partial charge on any atom is 0.308 e. The van der Waals surface area contributed by atoms with Crippen LogP contribution in [-0.2, 0) is 9.59 Å². The van der Waals surface area contributed by atoms with Gasteiger partial charge in [-0.3, -0.25) is 14.5 Å². The molecule has 2 atom stereocenters. The molecule has 1 heterocycles. The summed E-state index contributed by atoms with van der Waals surface area (Å²) >= 11 is 0. The van der Waals surface area contributed by atoms with E-state index in [1.54, 1.807) is 6.82 Å². The van der Waals surface area contributed by atoms with Crippen LogP contribution < -0.4 is 5.32 Å². The Bertz CT molecular complexity index is 410. The van der Waals surface area contributed by atoms with E-state index in [1.165, 1.54) is 12.8 Å². The van der Waals surface area contributed by atoms with E-state index in [-0.39, 0.29) is 30.1 Å². The van der Waals surface area contributed by atoms with Gasteiger partial charge in [-0.1, -0.05) is 20.7 Å². The molecule has 0 spiro atoms. The van der Waals surface area contributed by atoms with Crippen LogP contribution in [0.1, 0.15) is 52.4 Å². The van der Waals surface area contributed by atoms with Crippen LogP contribution in [0.3, 0.4) is 0 Å². The lowest BCUT2D eigenvalue weighted by atomic mass is 9.61. The first-order valence-corrected chi connectivity index (χ1v) is 8.64. The molecule has 1 amide bonds. The van der Waals surface area contributed by atoms with Gasteiger partial charge < -0.3 is 10.3 Å². The third-order valence-corrected chi connectivity index (χ3v) is 4.70. The maximum absolute atomic E-state index is 12.2. The van der Waals surface area contributed by atoms with Crippen LogP contribution in [0.2, 0.25) is 6.82 Å². The molecule has 1 aliphatic heterocycles. The Morgan fingerprint density at radius 1 is 1.27 bits per heavy atom. The van der Waals surface area contributed by atoms with Crippen LogP contribution in [-0.4, -0.2) is 53.1 Å². The van der Waals surface area contributed by atoms with Crippen molar-refractivity contribution in [3.05, 3.63) is 0 Å². The predicted octanol–water partition coefficient (Wildman–Crippen LogP) is 1.26. The highest BCUT2D eigenvalue weighted by molar-refractivity contribution is 6.50. The summed E-state index contributed by atoms with van der Waals surface area (Å²) in [6, 6.07) is 0.686. The number of Topliss-reactive ketones (excluding diaryl/α,β-unsaturated/α-hetero) is 1.